The average Bonchev–Trinajstić information content (AvgIpc) is 2.78. The van der Waals surface area contributed by atoms with Crippen LogP contribution in [0.15, 0.2) is 11.6 Å². The van der Waals surface area contributed by atoms with E-state index in [1.807, 2.05) is 6.92 Å². The van der Waals surface area contributed by atoms with Gasteiger partial charge in [-0.25, -0.2) is 0 Å². The van der Waals surface area contributed by atoms with E-state index in [9.17, 15) is 30.3 Å². The predicted octanol–water partition coefficient (Wildman–Crippen LogP) is 4.15. The van der Waals surface area contributed by atoms with E-state index in [1.165, 1.54) is 0 Å². The Balaban J connectivity index is 1.64. The van der Waals surface area contributed by atoms with Crippen molar-refractivity contribution in [3.63, 3.8) is 0 Å². The number of rotatable bonds is 2. The molecular formula is C30H48O6. The zero-order valence-corrected chi connectivity index (χ0v) is 23.0. The Morgan fingerprint density at radius 2 is 1.56 bits per heavy atom. The maximum Gasteiger partial charge on any atom is 0.312 e. The van der Waals surface area contributed by atoms with E-state index in [1.54, 1.807) is 0 Å². The summed E-state index contributed by atoms with van der Waals surface area (Å²) in [5.41, 5.74) is -1.66. The number of carbonyl (C=O) groups is 1. The smallest absolute Gasteiger partial charge is 0.312 e. The van der Waals surface area contributed by atoms with Gasteiger partial charge in [0.25, 0.3) is 0 Å². The fraction of sp³-hybridized carbons (Fsp3) is 0.900. The van der Waals surface area contributed by atoms with Crippen molar-refractivity contribution in [3.05, 3.63) is 11.6 Å². The molecule has 0 spiro atoms. The van der Waals surface area contributed by atoms with Crippen molar-refractivity contribution < 1.29 is 30.3 Å². The van der Waals surface area contributed by atoms with E-state index in [-0.39, 0.29) is 40.8 Å². The number of carboxylic acids is 1. The first kappa shape index (κ1) is 26.6. The third-order valence-corrected chi connectivity index (χ3v) is 13.5. The molecule has 0 heterocycles. The minimum Gasteiger partial charge on any atom is -0.481 e. The molecule has 5 rings (SSSR count). The van der Waals surface area contributed by atoms with Gasteiger partial charge >= 0.3 is 5.97 Å². The van der Waals surface area contributed by atoms with Crippen LogP contribution in [0.25, 0.3) is 0 Å². The Morgan fingerprint density at radius 3 is 2.17 bits per heavy atom. The maximum absolute atomic E-state index is 12.9. The standard InChI is InChI=1S/C30H48O6/c1-25(2)19-9-12-28(5)20(27(19,4)11-10-21(25)32)8-7-17-18-13-26(3,16-31)22(33)15-30(18,24(35)36)23(34)14-29(17,28)6/h7,18-23,31-34H,8-16H2,1-6H3,(H,35,36)/t18-,19?,20?,21-,22-,23+,26-,27-,28+,29+,30+/m0/s1. The average molecular weight is 505 g/mol. The Bertz CT molecular complexity index is 974. The SMILES string of the molecule is CC1(C)C2CC[C@]3(C)C(CC=C4[C@@H]5C[C@@](C)(CO)[C@@H](O)C[C@]5(C(=O)O)[C@H](O)C[C@]43C)[C@@]2(C)CC[C@@H]1O. The van der Waals surface area contributed by atoms with Gasteiger partial charge in [0.1, 0.15) is 5.41 Å². The van der Waals surface area contributed by atoms with Gasteiger partial charge in [0.05, 0.1) is 24.9 Å². The van der Waals surface area contributed by atoms with Crippen LogP contribution in [-0.4, -0.2) is 56.4 Å². The van der Waals surface area contributed by atoms with Crippen molar-refractivity contribution >= 4 is 5.97 Å². The van der Waals surface area contributed by atoms with Crippen molar-refractivity contribution in [2.45, 2.75) is 111 Å². The van der Waals surface area contributed by atoms with Gasteiger partial charge in [-0.05, 0) is 90.8 Å². The van der Waals surface area contributed by atoms with E-state index in [2.05, 4.69) is 40.7 Å². The molecule has 0 radical (unpaired) electrons. The number of carboxylic acid groups (broad SMARTS) is 1. The highest BCUT2D eigenvalue weighted by Crippen LogP contribution is 2.75. The highest BCUT2D eigenvalue weighted by molar-refractivity contribution is 5.78. The normalized spacial score (nSPS) is 55.9. The number of aliphatic carboxylic acids is 1. The molecule has 11 atom stereocenters. The first-order valence-electron chi connectivity index (χ1n) is 14.1. The summed E-state index contributed by atoms with van der Waals surface area (Å²) >= 11 is 0. The number of hydrogen-bond donors (Lipinski definition) is 5. The predicted molar refractivity (Wildman–Crippen MR) is 137 cm³/mol. The summed E-state index contributed by atoms with van der Waals surface area (Å²) in [5, 5.41) is 54.3. The molecule has 2 unspecified atom stereocenters. The highest BCUT2D eigenvalue weighted by atomic mass is 16.4. The van der Waals surface area contributed by atoms with E-state index >= 15 is 0 Å². The zero-order valence-electron chi connectivity index (χ0n) is 23.0. The summed E-state index contributed by atoms with van der Waals surface area (Å²) in [6, 6.07) is 0. The van der Waals surface area contributed by atoms with Gasteiger partial charge < -0.3 is 25.5 Å². The molecule has 6 heteroatoms. The van der Waals surface area contributed by atoms with Gasteiger partial charge in [0.2, 0.25) is 0 Å². The summed E-state index contributed by atoms with van der Waals surface area (Å²) < 4.78 is 0. The third-order valence-electron chi connectivity index (χ3n) is 13.5. The topological polar surface area (TPSA) is 118 Å². The van der Waals surface area contributed by atoms with E-state index < -0.39 is 34.9 Å². The van der Waals surface area contributed by atoms with Gasteiger partial charge in [-0.2, -0.15) is 0 Å². The molecule has 4 saturated carbocycles. The van der Waals surface area contributed by atoms with Crippen LogP contribution in [0.5, 0.6) is 0 Å². The molecule has 5 aliphatic rings. The maximum atomic E-state index is 12.9. The summed E-state index contributed by atoms with van der Waals surface area (Å²) in [6.45, 7) is 13.2. The molecule has 0 amide bonds. The van der Waals surface area contributed by atoms with E-state index in [4.69, 9.17) is 0 Å². The quantitative estimate of drug-likeness (QED) is 0.361. The Morgan fingerprint density at radius 1 is 0.889 bits per heavy atom. The first-order valence-corrected chi connectivity index (χ1v) is 14.1. The fourth-order valence-corrected chi connectivity index (χ4v) is 10.8. The van der Waals surface area contributed by atoms with Crippen molar-refractivity contribution in [2.24, 2.45) is 50.2 Å². The van der Waals surface area contributed by atoms with Crippen LogP contribution < -0.4 is 0 Å². The van der Waals surface area contributed by atoms with Crippen LogP contribution >= 0.6 is 0 Å². The third kappa shape index (κ3) is 2.96. The van der Waals surface area contributed by atoms with Crippen molar-refractivity contribution in [1.29, 1.82) is 0 Å². The van der Waals surface area contributed by atoms with E-state index in [0.29, 0.717) is 24.7 Å². The Kier molecular flexibility index (Phi) is 5.77. The molecule has 204 valence electrons. The molecule has 0 saturated heterocycles. The van der Waals surface area contributed by atoms with Crippen LogP contribution in [0, 0.1) is 50.2 Å². The largest absolute Gasteiger partial charge is 0.481 e. The number of hydrogen-bond acceptors (Lipinski definition) is 5. The number of allylic oxidation sites excluding steroid dienone is 2. The van der Waals surface area contributed by atoms with Crippen molar-refractivity contribution in [1.82, 2.24) is 0 Å². The van der Waals surface area contributed by atoms with E-state index in [0.717, 1.165) is 37.7 Å². The minimum atomic E-state index is -1.43. The second kappa shape index (κ2) is 7.80. The lowest BCUT2D eigenvalue weighted by Crippen LogP contribution is -2.68. The van der Waals surface area contributed by atoms with Crippen molar-refractivity contribution in [3.8, 4) is 0 Å². The molecule has 5 N–H and O–H groups in total. The van der Waals surface area contributed by atoms with Crippen LogP contribution in [0.1, 0.15) is 92.9 Å². The lowest BCUT2D eigenvalue weighted by atomic mass is 9.33. The van der Waals surface area contributed by atoms with Gasteiger partial charge in [0, 0.05) is 5.41 Å². The highest BCUT2D eigenvalue weighted by Gasteiger charge is 2.72. The summed E-state index contributed by atoms with van der Waals surface area (Å²) in [5.74, 6) is -0.656. The second-order valence-electron chi connectivity index (χ2n) is 15.0. The summed E-state index contributed by atoms with van der Waals surface area (Å²) in [6.07, 6.45) is 5.35. The molecular weight excluding hydrogens is 456 g/mol. The minimum absolute atomic E-state index is 0.0370. The van der Waals surface area contributed by atoms with Gasteiger partial charge in [-0.3, -0.25) is 4.79 Å². The molecule has 0 aromatic rings. The molecule has 0 aromatic heterocycles. The lowest BCUT2D eigenvalue weighted by Gasteiger charge is -2.71. The molecule has 0 aromatic carbocycles. The summed E-state index contributed by atoms with van der Waals surface area (Å²) in [7, 11) is 0. The van der Waals surface area contributed by atoms with Crippen LogP contribution in [0.4, 0.5) is 0 Å². The molecule has 5 aliphatic carbocycles. The van der Waals surface area contributed by atoms with Crippen molar-refractivity contribution in [2.75, 3.05) is 6.61 Å². The molecule has 0 bridgehead atoms. The first-order chi connectivity index (χ1) is 16.5. The Labute approximate surface area is 216 Å². The molecule has 6 nitrogen and oxygen atoms in total. The van der Waals surface area contributed by atoms with Crippen LogP contribution in [-0.2, 0) is 4.79 Å². The van der Waals surface area contributed by atoms with Crippen LogP contribution in [0.3, 0.4) is 0 Å². The summed E-state index contributed by atoms with van der Waals surface area (Å²) in [4.78, 5) is 12.9. The molecule has 36 heavy (non-hydrogen) atoms. The lowest BCUT2D eigenvalue weighted by molar-refractivity contribution is -0.227. The van der Waals surface area contributed by atoms with Gasteiger partial charge in [-0.15, -0.1) is 0 Å². The van der Waals surface area contributed by atoms with Gasteiger partial charge in [-0.1, -0.05) is 53.2 Å². The Hall–Kier alpha value is -0.950. The van der Waals surface area contributed by atoms with Crippen LogP contribution in [0.2, 0.25) is 0 Å². The fourth-order valence-electron chi connectivity index (χ4n) is 10.8. The molecule has 0 aliphatic heterocycles. The molecule has 4 fully saturated rings. The van der Waals surface area contributed by atoms with Gasteiger partial charge in [0.15, 0.2) is 0 Å². The second-order valence-corrected chi connectivity index (χ2v) is 15.0. The number of fused-ring (bicyclic) bond motifs is 7. The number of aliphatic hydroxyl groups excluding tert-OH is 4. The zero-order chi connectivity index (χ0) is 26.7. The monoisotopic (exact) mass is 504 g/mol. The number of aliphatic hydroxyl groups is 4.